The summed E-state index contributed by atoms with van der Waals surface area (Å²) < 4.78 is 0. The van der Waals surface area contributed by atoms with E-state index in [0.717, 1.165) is 27.2 Å². The lowest BCUT2D eigenvalue weighted by molar-refractivity contribution is -0.384. The number of nitrogens with zero attached hydrogens (tertiary/aromatic N) is 2. The molecule has 3 aromatic rings. The lowest BCUT2D eigenvalue weighted by atomic mass is 9.42. The molecule has 0 radical (unpaired) electrons. The summed E-state index contributed by atoms with van der Waals surface area (Å²) in [6, 6.07) is 20.7. The van der Waals surface area contributed by atoms with Crippen LogP contribution >= 0.6 is 0 Å². The minimum Gasteiger partial charge on any atom is -0.274 e. The highest BCUT2D eigenvalue weighted by Crippen LogP contribution is 2.66. The highest BCUT2D eigenvalue weighted by molar-refractivity contribution is 6.25. The van der Waals surface area contributed by atoms with Gasteiger partial charge in [0, 0.05) is 16.9 Å². The van der Waals surface area contributed by atoms with E-state index in [1.807, 2.05) is 38.1 Å². The number of hydrogen-bond donors (Lipinski definition) is 0. The van der Waals surface area contributed by atoms with Crippen molar-refractivity contribution in [2.24, 2.45) is 11.8 Å². The molecule has 1 saturated heterocycles. The molecule has 0 aromatic heterocycles. The van der Waals surface area contributed by atoms with Crippen LogP contribution in [0, 0.1) is 28.9 Å². The molecule has 2 bridgehead atoms. The van der Waals surface area contributed by atoms with Gasteiger partial charge < -0.3 is 0 Å². The van der Waals surface area contributed by atoms with Crippen LogP contribution in [0.15, 0.2) is 66.7 Å². The largest absolute Gasteiger partial charge is 0.293 e. The predicted molar refractivity (Wildman–Crippen MR) is 123 cm³/mol. The third-order valence-electron chi connectivity index (χ3n) is 8.21. The molecule has 1 aliphatic heterocycles. The number of imide groups is 1. The molecule has 4 aliphatic rings. The monoisotopic (exact) mass is 438 g/mol. The zero-order valence-corrected chi connectivity index (χ0v) is 18.5. The first-order valence-corrected chi connectivity index (χ1v) is 11.0. The number of hydrogen-bond acceptors (Lipinski definition) is 4. The van der Waals surface area contributed by atoms with Crippen molar-refractivity contribution in [3.63, 3.8) is 0 Å². The zero-order chi connectivity index (χ0) is 23.3. The number of aryl methyl sites for hydroxylation is 1. The van der Waals surface area contributed by atoms with E-state index >= 15 is 0 Å². The quantitative estimate of drug-likeness (QED) is 0.331. The van der Waals surface area contributed by atoms with Crippen molar-refractivity contribution in [2.45, 2.75) is 31.6 Å². The Labute approximate surface area is 191 Å². The minimum atomic E-state index is -0.712. The van der Waals surface area contributed by atoms with Gasteiger partial charge in [-0.25, -0.2) is 4.90 Å². The summed E-state index contributed by atoms with van der Waals surface area (Å²) in [7, 11) is 0. The van der Waals surface area contributed by atoms with Gasteiger partial charge in [-0.05, 0) is 40.8 Å². The number of carbonyl (C=O) groups is 2. The predicted octanol–water partition coefficient (Wildman–Crippen LogP) is 4.65. The average Bonchev–Trinajstić information content (AvgIpc) is 3.08. The van der Waals surface area contributed by atoms with E-state index in [0.29, 0.717) is 5.56 Å². The Bertz CT molecular complexity index is 1290. The number of anilines is 1. The highest BCUT2D eigenvalue weighted by Gasteiger charge is 2.70. The van der Waals surface area contributed by atoms with Gasteiger partial charge in [-0.2, -0.15) is 0 Å². The van der Waals surface area contributed by atoms with Crippen LogP contribution in [-0.2, 0) is 20.4 Å². The van der Waals surface area contributed by atoms with Crippen LogP contribution in [0.4, 0.5) is 11.4 Å². The number of amides is 2. The molecule has 1 heterocycles. The lowest BCUT2D eigenvalue weighted by Crippen LogP contribution is -2.59. The molecule has 0 saturated carbocycles. The van der Waals surface area contributed by atoms with Crippen LogP contribution in [0.25, 0.3) is 0 Å². The van der Waals surface area contributed by atoms with Crippen molar-refractivity contribution < 1.29 is 14.5 Å². The van der Waals surface area contributed by atoms with E-state index in [9.17, 15) is 19.7 Å². The number of nitro groups is 1. The second kappa shape index (κ2) is 6.16. The molecule has 164 valence electrons. The molecule has 1 fully saturated rings. The fourth-order valence-corrected chi connectivity index (χ4v) is 6.78. The topological polar surface area (TPSA) is 80.5 Å². The second-order valence-electron chi connectivity index (χ2n) is 9.71. The molecule has 3 aromatic carbocycles. The third-order valence-corrected chi connectivity index (χ3v) is 8.21. The van der Waals surface area contributed by atoms with Crippen molar-refractivity contribution in [3.8, 4) is 0 Å². The van der Waals surface area contributed by atoms with Crippen molar-refractivity contribution in [1.29, 1.82) is 0 Å². The first-order valence-electron chi connectivity index (χ1n) is 11.0. The second-order valence-corrected chi connectivity index (χ2v) is 9.71. The Hall–Kier alpha value is -3.80. The van der Waals surface area contributed by atoms with E-state index in [1.165, 1.54) is 12.1 Å². The van der Waals surface area contributed by atoms with Crippen molar-refractivity contribution >= 4 is 23.2 Å². The fourth-order valence-electron chi connectivity index (χ4n) is 6.78. The summed E-state index contributed by atoms with van der Waals surface area (Å²) in [5.74, 6) is -2.01. The van der Waals surface area contributed by atoms with E-state index in [-0.39, 0.29) is 23.2 Å². The van der Waals surface area contributed by atoms with Gasteiger partial charge in [-0.1, -0.05) is 68.4 Å². The van der Waals surface area contributed by atoms with E-state index < -0.39 is 27.6 Å². The Balaban J connectivity index is 1.65. The van der Waals surface area contributed by atoms with Crippen LogP contribution in [-0.4, -0.2) is 16.7 Å². The lowest BCUT2D eigenvalue weighted by Gasteiger charge is -2.57. The maximum absolute atomic E-state index is 14.0. The molecule has 0 spiro atoms. The summed E-state index contributed by atoms with van der Waals surface area (Å²) in [5, 5.41) is 11.8. The normalized spacial score (nSPS) is 29.0. The van der Waals surface area contributed by atoms with Crippen LogP contribution in [0.1, 0.15) is 41.7 Å². The molecule has 2 atom stereocenters. The number of carbonyl (C=O) groups excluding carboxylic acids is 2. The summed E-state index contributed by atoms with van der Waals surface area (Å²) >= 11 is 0. The van der Waals surface area contributed by atoms with E-state index in [2.05, 4.69) is 24.3 Å². The van der Waals surface area contributed by atoms with Gasteiger partial charge in [0.05, 0.1) is 16.8 Å². The van der Waals surface area contributed by atoms with E-state index in [1.54, 1.807) is 13.0 Å². The highest BCUT2D eigenvalue weighted by atomic mass is 16.6. The van der Waals surface area contributed by atoms with Gasteiger partial charge in [0.2, 0.25) is 11.8 Å². The molecule has 6 heteroatoms. The first-order chi connectivity index (χ1) is 15.7. The molecule has 33 heavy (non-hydrogen) atoms. The Morgan fingerprint density at radius 2 is 1.21 bits per heavy atom. The SMILES string of the molecule is Cc1ccc(N2C(=O)[C@@H]3[C@H](C2=O)C2(C)c4ccccc4C3(C)c3ccccc32)c([N+](=O)[O-])c1. The average molecular weight is 438 g/mol. The standard InChI is InChI=1S/C27H22N2O4/c1-15-12-13-20(21(14-15)29(32)33)28-24(30)22-23(25(28)31)27(3)18-10-6-4-8-16(18)26(22,2)17-9-5-7-11-19(17)27/h4-14,22-23H,1-3H3/t22-,23+,26?,27?. The fraction of sp³-hybridized carbons (Fsp3) is 0.259. The molecule has 0 unspecified atom stereocenters. The summed E-state index contributed by atoms with van der Waals surface area (Å²) in [6.45, 7) is 5.83. The Kier molecular flexibility index (Phi) is 3.71. The summed E-state index contributed by atoms with van der Waals surface area (Å²) in [6.07, 6.45) is 0. The van der Waals surface area contributed by atoms with Crippen LogP contribution < -0.4 is 4.90 Å². The number of nitro benzene ring substituents is 1. The van der Waals surface area contributed by atoms with Crippen molar-refractivity contribution in [3.05, 3.63) is 105 Å². The summed E-state index contributed by atoms with van der Waals surface area (Å²) in [4.78, 5) is 40.5. The van der Waals surface area contributed by atoms with Crippen molar-refractivity contribution in [2.75, 3.05) is 4.90 Å². The summed E-state index contributed by atoms with van der Waals surface area (Å²) in [5.41, 5.74) is 3.29. The smallest absolute Gasteiger partial charge is 0.274 e. The number of benzene rings is 3. The van der Waals surface area contributed by atoms with Crippen LogP contribution in [0.5, 0.6) is 0 Å². The molecular formula is C27H22N2O4. The Morgan fingerprint density at radius 1 is 0.788 bits per heavy atom. The maximum Gasteiger partial charge on any atom is 0.293 e. The van der Waals surface area contributed by atoms with Crippen LogP contribution in [0.2, 0.25) is 0 Å². The molecule has 7 rings (SSSR count). The van der Waals surface area contributed by atoms with E-state index in [4.69, 9.17) is 0 Å². The third kappa shape index (κ3) is 2.14. The number of rotatable bonds is 2. The van der Waals surface area contributed by atoms with Gasteiger partial charge in [0.15, 0.2) is 0 Å². The van der Waals surface area contributed by atoms with Gasteiger partial charge in [0.1, 0.15) is 5.69 Å². The Morgan fingerprint density at radius 3 is 1.61 bits per heavy atom. The zero-order valence-electron chi connectivity index (χ0n) is 18.5. The first kappa shape index (κ1) is 19.9. The molecular weight excluding hydrogens is 416 g/mol. The molecule has 6 nitrogen and oxygen atoms in total. The van der Waals surface area contributed by atoms with Gasteiger partial charge in [-0.15, -0.1) is 0 Å². The molecule has 0 N–H and O–H groups in total. The van der Waals surface area contributed by atoms with Crippen LogP contribution in [0.3, 0.4) is 0 Å². The van der Waals surface area contributed by atoms with Crippen molar-refractivity contribution in [1.82, 2.24) is 0 Å². The van der Waals surface area contributed by atoms with Gasteiger partial charge in [-0.3, -0.25) is 19.7 Å². The molecule has 3 aliphatic carbocycles. The van der Waals surface area contributed by atoms with Gasteiger partial charge in [0.25, 0.3) is 5.69 Å². The van der Waals surface area contributed by atoms with Gasteiger partial charge >= 0.3 is 0 Å². The maximum atomic E-state index is 14.0. The molecule has 2 amide bonds. The minimum absolute atomic E-state index is 0.0507.